The number of oxazole rings is 1. The van der Waals surface area contributed by atoms with Gasteiger partial charge in [0.25, 0.3) is 0 Å². The summed E-state index contributed by atoms with van der Waals surface area (Å²) in [5.41, 5.74) is 2.41. The highest BCUT2D eigenvalue weighted by atomic mass is 16.4. The van der Waals surface area contributed by atoms with Gasteiger partial charge in [-0.1, -0.05) is 43.7 Å². The summed E-state index contributed by atoms with van der Waals surface area (Å²) in [5, 5.41) is 3.45. The molecular formula is C22H32N4O. The Morgan fingerprint density at radius 1 is 1.26 bits per heavy atom. The van der Waals surface area contributed by atoms with Gasteiger partial charge in [-0.2, -0.15) is 0 Å². The molecule has 5 nitrogen and oxygen atoms in total. The first kappa shape index (κ1) is 19.5. The van der Waals surface area contributed by atoms with Gasteiger partial charge in [0.15, 0.2) is 5.96 Å². The lowest BCUT2D eigenvalue weighted by Crippen LogP contribution is -2.48. The van der Waals surface area contributed by atoms with Crippen molar-refractivity contribution < 1.29 is 4.42 Å². The Bertz CT molecular complexity index is 733. The molecule has 1 saturated heterocycles. The van der Waals surface area contributed by atoms with Crippen LogP contribution in [0.3, 0.4) is 0 Å². The molecule has 1 N–H and O–H groups in total. The van der Waals surface area contributed by atoms with Gasteiger partial charge in [0, 0.05) is 19.6 Å². The maximum absolute atomic E-state index is 5.68. The number of rotatable bonds is 5. The number of nitrogens with one attached hydrogen (secondary N) is 1. The lowest BCUT2D eigenvalue weighted by molar-refractivity contribution is 0.215. The quantitative estimate of drug-likeness (QED) is 0.632. The van der Waals surface area contributed by atoms with Crippen LogP contribution < -0.4 is 5.32 Å². The summed E-state index contributed by atoms with van der Waals surface area (Å²) in [6, 6.07) is 11.0. The molecular weight excluding hydrogens is 336 g/mol. The van der Waals surface area contributed by atoms with Gasteiger partial charge in [0.1, 0.15) is 12.3 Å². The van der Waals surface area contributed by atoms with E-state index >= 15 is 0 Å². The largest absolute Gasteiger partial charge is 0.444 e. The van der Waals surface area contributed by atoms with Crippen LogP contribution in [0.5, 0.6) is 0 Å². The second kappa shape index (κ2) is 9.07. The standard InChI is InChI=1S/C22H32N4O/c1-5-18-15-26(13-12-20(18)19-10-8-7-9-11-19)22(23-6-2)24-14-21-25-16(3)17(4)27-21/h7-11,18,20H,5-6,12-15H2,1-4H3,(H,23,24). The van der Waals surface area contributed by atoms with Gasteiger partial charge in [-0.25, -0.2) is 9.98 Å². The average Bonchev–Trinajstić information content (AvgIpc) is 3.03. The van der Waals surface area contributed by atoms with Crippen LogP contribution in [-0.2, 0) is 6.54 Å². The van der Waals surface area contributed by atoms with E-state index in [1.54, 1.807) is 0 Å². The van der Waals surface area contributed by atoms with Crippen LogP contribution in [0, 0.1) is 19.8 Å². The lowest BCUT2D eigenvalue weighted by atomic mass is 9.79. The third-order valence-electron chi connectivity index (χ3n) is 5.56. The van der Waals surface area contributed by atoms with E-state index < -0.39 is 0 Å². The molecule has 0 bridgehead atoms. The zero-order valence-corrected chi connectivity index (χ0v) is 17.0. The molecule has 2 heterocycles. The van der Waals surface area contributed by atoms with E-state index in [0.29, 0.717) is 24.3 Å². The first-order valence-electron chi connectivity index (χ1n) is 10.1. The van der Waals surface area contributed by atoms with Crippen molar-refractivity contribution in [1.82, 2.24) is 15.2 Å². The second-order valence-corrected chi connectivity index (χ2v) is 7.34. The third kappa shape index (κ3) is 4.71. The second-order valence-electron chi connectivity index (χ2n) is 7.34. The summed E-state index contributed by atoms with van der Waals surface area (Å²) >= 11 is 0. The highest BCUT2D eigenvalue weighted by Gasteiger charge is 2.30. The van der Waals surface area contributed by atoms with Crippen molar-refractivity contribution in [3.05, 3.63) is 53.2 Å². The minimum absolute atomic E-state index is 0.479. The SMILES string of the molecule is CCNC(=NCc1nc(C)c(C)o1)N1CCC(c2ccccc2)C(CC)C1. The Hall–Kier alpha value is -2.30. The zero-order valence-electron chi connectivity index (χ0n) is 17.0. The van der Waals surface area contributed by atoms with Crippen molar-refractivity contribution in [3.63, 3.8) is 0 Å². The van der Waals surface area contributed by atoms with E-state index in [0.717, 1.165) is 43.5 Å². The molecule has 1 aromatic carbocycles. The summed E-state index contributed by atoms with van der Waals surface area (Å²) in [6.45, 7) is 11.7. The van der Waals surface area contributed by atoms with Crippen LogP contribution >= 0.6 is 0 Å². The van der Waals surface area contributed by atoms with E-state index in [1.165, 1.54) is 12.0 Å². The number of benzene rings is 1. The van der Waals surface area contributed by atoms with Crippen LogP contribution in [0.25, 0.3) is 0 Å². The number of aliphatic imine (C=N–C) groups is 1. The maximum Gasteiger partial charge on any atom is 0.216 e. The fourth-order valence-corrected chi connectivity index (χ4v) is 3.95. The first-order valence-corrected chi connectivity index (χ1v) is 10.1. The molecule has 2 unspecified atom stereocenters. The Morgan fingerprint density at radius 3 is 2.67 bits per heavy atom. The number of piperidine rings is 1. The lowest BCUT2D eigenvalue weighted by Gasteiger charge is -2.40. The molecule has 0 radical (unpaired) electrons. The predicted molar refractivity (Wildman–Crippen MR) is 110 cm³/mol. The molecule has 1 aliphatic heterocycles. The number of likely N-dealkylation sites (tertiary alicyclic amines) is 1. The normalized spacial score (nSPS) is 20.7. The summed E-state index contributed by atoms with van der Waals surface area (Å²) < 4.78 is 5.68. The average molecular weight is 369 g/mol. The molecule has 2 atom stereocenters. The molecule has 1 aromatic heterocycles. The number of aromatic nitrogens is 1. The van der Waals surface area contributed by atoms with E-state index in [1.807, 2.05) is 13.8 Å². The summed E-state index contributed by atoms with van der Waals surface area (Å²) in [6.07, 6.45) is 2.33. The monoisotopic (exact) mass is 368 g/mol. The van der Waals surface area contributed by atoms with Gasteiger partial charge in [0.2, 0.25) is 5.89 Å². The summed E-state index contributed by atoms with van der Waals surface area (Å²) in [7, 11) is 0. The minimum atomic E-state index is 0.479. The number of nitrogens with zero attached hydrogens (tertiary/aromatic N) is 3. The van der Waals surface area contributed by atoms with Crippen LogP contribution in [-0.4, -0.2) is 35.5 Å². The third-order valence-corrected chi connectivity index (χ3v) is 5.56. The molecule has 0 spiro atoms. The Balaban J connectivity index is 1.71. The molecule has 0 saturated carbocycles. The smallest absolute Gasteiger partial charge is 0.216 e. The van der Waals surface area contributed by atoms with Crippen LogP contribution in [0.1, 0.15) is 55.5 Å². The summed E-state index contributed by atoms with van der Waals surface area (Å²) in [5.74, 6) is 3.80. The fraction of sp³-hybridized carbons (Fsp3) is 0.545. The number of hydrogen-bond acceptors (Lipinski definition) is 3. The highest BCUT2D eigenvalue weighted by molar-refractivity contribution is 5.80. The van der Waals surface area contributed by atoms with Gasteiger partial charge in [-0.15, -0.1) is 0 Å². The Kier molecular flexibility index (Phi) is 6.54. The van der Waals surface area contributed by atoms with E-state index in [-0.39, 0.29) is 0 Å². The van der Waals surface area contributed by atoms with Crippen molar-refractivity contribution in [2.45, 2.75) is 53.0 Å². The van der Waals surface area contributed by atoms with Crippen LogP contribution in [0.4, 0.5) is 0 Å². The van der Waals surface area contributed by atoms with Crippen molar-refractivity contribution in [1.29, 1.82) is 0 Å². The molecule has 2 aromatic rings. The minimum Gasteiger partial charge on any atom is -0.444 e. The molecule has 0 aliphatic carbocycles. The fourth-order valence-electron chi connectivity index (χ4n) is 3.95. The number of hydrogen-bond donors (Lipinski definition) is 1. The first-order chi connectivity index (χ1) is 13.1. The van der Waals surface area contributed by atoms with Crippen LogP contribution in [0.2, 0.25) is 0 Å². The maximum atomic E-state index is 5.68. The molecule has 1 aliphatic rings. The Labute approximate surface area is 162 Å². The summed E-state index contributed by atoms with van der Waals surface area (Å²) in [4.78, 5) is 11.7. The van der Waals surface area contributed by atoms with Gasteiger partial charge in [-0.3, -0.25) is 0 Å². The number of aryl methyl sites for hydroxylation is 2. The van der Waals surface area contributed by atoms with E-state index in [9.17, 15) is 0 Å². The topological polar surface area (TPSA) is 53.7 Å². The van der Waals surface area contributed by atoms with Crippen molar-refractivity contribution in [3.8, 4) is 0 Å². The van der Waals surface area contributed by atoms with Gasteiger partial charge < -0.3 is 14.6 Å². The van der Waals surface area contributed by atoms with E-state index in [2.05, 4.69) is 59.4 Å². The van der Waals surface area contributed by atoms with Crippen molar-refractivity contribution in [2.75, 3.05) is 19.6 Å². The Morgan fingerprint density at radius 2 is 2.04 bits per heavy atom. The number of guanidine groups is 1. The van der Waals surface area contributed by atoms with Crippen molar-refractivity contribution in [2.24, 2.45) is 10.9 Å². The molecule has 27 heavy (non-hydrogen) atoms. The van der Waals surface area contributed by atoms with E-state index in [4.69, 9.17) is 9.41 Å². The van der Waals surface area contributed by atoms with Gasteiger partial charge >= 0.3 is 0 Å². The molecule has 1 fully saturated rings. The predicted octanol–water partition coefficient (Wildman–Crippen LogP) is 4.27. The molecule has 3 rings (SSSR count). The molecule has 146 valence electrons. The van der Waals surface area contributed by atoms with Gasteiger partial charge in [0.05, 0.1) is 5.69 Å². The van der Waals surface area contributed by atoms with Gasteiger partial charge in [-0.05, 0) is 44.6 Å². The molecule has 0 amide bonds. The zero-order chi connectivity index (χ0) is 19.2. The van der Waals surface area contributed by atoms with Crippen LogP contribution in [0.15, 0.2) is 39.7 Å². The molecule has 5 heteroatoms. The highest BCUT2D eigenvalue weighted by Crippen LogP contribution is 2.34. The van der Waals surface area contributed by atoms with Crippen molar-refractivity contribution >= 4 is 5.96 Å².